The molecule has 0 bridgehead atoms. The molecule has 2 aromatic heterocycles. The number of H-pyrrole nitrogens is 2. The summed E-state index contributed by atoms with van der Waals surface area (Å²) in [5.41, 5.74) is 0.779. The SMILES string of the molecule is O=c1[nH]nc(-c2c[nH]c3cc(F)c(F)cc23)o1. The Bertz CT molecular complexity index is 756. The van der Waals surface area contributed by atoms with Gasteiger partial charge in [0, 0.05) is 23.2 Å². The van der Waals surface area contributed by atoms with Gasteiger partial charge < -0.3 is 9.40 Å². The fourth-order valence-corrected chi connectivity index (χ4v) is 1.64. The molecule has 0 radical (unpaired) electrons. The molecule has 0 unspecified atom stereocenters. The minimum absolute atomic E-state index is 0.0206. The number of halogens is 2. The molecule has 86 valence electrons. The number of fused-ring (bicyclic) bond motifs is 1. The first-order valence-electron chi connectivity index (χ1n) is 4.67. The number of hydrogen-bond acceptors (Lipinski definition) is 3. The number of nitrogens with zero attached hydrogens (tertiary/aromatic N) is 1. The maximum absolute atomic E-state index is 13.1. The second kappa shape index (κ2) is 3.27. The third kappa shape index (κ3) is 1.43. The molecule has 17 heavy (non-hydrogen) atoms. The summed E-state index contributed by atoms with van der Waals surface area (Å²) in [5.74, 6) is -2.62. The number of rotatable bonds is 1. The number of benzene rings is 1. The molecule has 0 aliphatic carbocycles. The molecule has 1 aromatic carbocycles. The second-order valence-corrected chi connectivity index (χ2v) is 3.43. The molecule has 0 fully saturated rings. The van der Waals surface area contributed by atoms with Gasteiger partial charge in [0.15, 0.2) is 11.6 Å². The minimum Gasteiger partial charge on any atom is -0.388 e. The molecule has 3 rings (SSSR count). The van der Waals surface area contributed by atoms with Crippen molar-refractivity contribution in [1.29, 1.82) is 0 Å². The van der Waals surface area contributed by atoms with Crippen molar-refractivity contribution in [3.8, 4) is 11.5 Å². The average Bonchev–Trinajstić information content (AvgIpc) is 2.86. The van der Waals surface area contributed by atoms with Gasteiger partial charge in [-0.1, -0.05) is 0 Å². The maximum Gasteiger partial charge on any atom is 0.434 e. The highest BCUT2D eigenvalue weighted by atomic mass is 19.2. The molecule has 0 atom stereocenters. The van der Waals surface area contributed by atoms with E-state index in [1.54, 1.807) is 0 Å². The quantitative estimate of drug-likeness (QED) is 0.677. The predicted molar refractivity (Wildman–Crippen MR) is 54.3 cm³/mol. The Morgan fingerprint density at radius 2 is 2.00 bits per heavy atom. The Balaban J connectivity index is 2.31. The molecule has 2 heterocycles. The molecule has 3 aromatic rings. The first-order valence-corrected chi connectivity index (χ1v) is 4.67. The Morgan fingerprint density at radius 1 is 1.24 bits per heavy atom. The predicted octanol–water partition coefficient (Wildman–Crippen LogP) is 1.79. The number of hydrogen-bond donors (Lipinski definition) is 2. The molecule has 0 saturated carbocycles. The second-order valence-electron chi connectivity index (χ2n) is 3.43. The molecule has 0 spiro atoms. The summed E-state index contributed by atoms with van der Waals surface area (Å²) in [5, 5.41) is 6.10. The lowest BCUT2D eigenvalue weighted by Crippen LogP contribution is -1.93. The zero-order valence-corrected chi connectivity index (χ0v) is 8.25. The van der Waals surface area contributed by atoms with E-state index in [0.29, 0.717) is 16.5 Å². The van der Waals surface area contributed by atoms with Crippen molar-refractivity contribution in [3.63, 3.8) is 0 Å². The molecular formula is C10H5F2N3O2. The van der Waals surface area contributed by atoms with Crippen molar-refractivity contribution < 1.29 is 13.2 Å². The van der Waals surface area contributed by atoms with E-state index in [1.165, 1.54) is 6.20 Å². The van der Waals surface area contributed by atoms with Crippen LogP contribution >= 0.6 is 0 Å². The van der Waals surface area contributed by atoms with Gasteiger partial charge in [0.1, 0.15) is 0 Å². The molecule has 0 aliphatic heterocycles. The van der Waals surface area contributed by atoms with E-state index in [1.807, 2.05) is 0 Å². The van der Waals surface area contributed by atoms with Crippen molar-refractivity contribution in [2.45, 2.75) is 0 Å². The van der Waals surface area contributed by atoms with E-state index >= 15 is 0 Å². The summed E-state index contributed by atoms with van der Waals surface area (Å²) in [7, 11) is 0. The van der Waals surface area contributed by atoms with Gasteiger partial charge in [0.2, 0.25) is 0 Å². The van der Waals surface area contributed by atoms with Gasteiger partial charge in [0.25, 0.3) is 5.89 Å². The molecule has 5 nitrogen and oxygen atoms in total. The summed E-state index contributed by atoms with van der Waals surface area (Å²) in [6.07, 6.45) is 1.46. The van der Waals surface area contributed by atoms with E-state index in [4.69, 9.17) is 4.42 Å². The lowest BCUT2D eigenvalue weighted by Gasteiger charge is -1.95. The van der Waals surface area contributed by atoms with Crippen LogP contribution in [0, 0.1) is 11.6 Å². The summed E-state index contributed by atoms with van der Waals surface area (Å²) in [6.45, 7) is 0. The van der Waals surface area contributed by atoms with E-state index in [-0.39, 0.29) is 5.89 Å². The summed E-state index contributed by atoms with van der Waals surface area (Å²) in [4.78, 5) is 13.6. The van der Waals surface area contributed by atoms with Crippen LogP contribution in [0.5, 0.6) is 0 Å². The number of aromatic amines is 2. The van der Waals surface area contributed by atoms with Crippen molar-refractivity contribution in [2.75, 3.05) is 0 Å². The first kappa shape index (κ1) is 9.76. The fourth-order valence-electron chi connectivity index (χ4n) is 1.64. The minimum atomic E-state index is -0.976. The van der Waals surface area contributed by atoms with Gasteiger partial charge in [-0.15, -0.1) is 5.10 Å². The zero-order chi connectivity index (χ0) is 12.0. The molecule has 2 N–H and O–H groups in total. The van der Waals surface area contributed by atoms with Gasteiger partial charge in [-0.25, -0.2) is 18.7 Å². The Labute approximate surface area is 92.1 Å². The third-order valence-electron chi connectivity index (χ3n) is 2.39. The highest BCUT2D eigenvalue weighted by Gasteiger charge is 2.14. The van der Waals surface area contributed by atoms with Crippen LogP contribution in [-0.2, 0) is 0 Å². The average molecular weight is 237 g/mol. The van der Waals surface area contributed by atoms with Crippen LogP contribution in [0.25, 0.3) is 22.4 Å². The highest BCUT2D eigenvalue weighted by Crippen LogP contribution is 2.27. The van der Waals surface area contributed by atoms with E-state index in [0.717, 1.165) is 12.1 Å². The summed E-state index contributed by atoms with van der Waals surface area (Å²) < 4.78 is 30.8. The third-order valence-corrected chi connectivity index (χ3v) is 2.39. The smallest absolute Gasteiger partial charge is 0.388 e. The van der Waals surface area contributed by atoms with Crippen LogP contribution in [0.2, 0.25) is 0 Å². The molecule has 0 amide bonds. The van der Waals surface area contributed by atoms with Gasteiger partial charge in [-0.2, -0.15) is 0 Å². The molecule has 7 heteroatoms. The highest BCUT2D eigenvalue weighted by molar-refractivity contribution is 5.93. The van der Waals surface area contributed by atoms with Crippen LogP contribution in [0.4, 0.5) is 8.78 Å². The van der Waals surface area contributed by atoms with Crippen molar-refractivity contribution in [2.24, 2.45) is 0 Å². The fraction of sp³-hybridized carbons (Fsp3) is 0. The zero-order valence-electron chi connectivity index (χ0n) is 8.25. The van der Waals surface area contributed by atoms with Crippen LogP contribution in [0.3, 0.4) is 0 Å². The van der Waals surface area contributed by atoms with Gasteiger partial charge >= 0.3 is 5.76 Å². The largest absolute Gasteiger partial charge is 0.434 e. The topological polar surface area (TPSA) is 74.7 Å². The first-order chi connectivity index (χ1) is 8.15. The van der Waals surface area contributed by atoms with Crippen LogP contribution < -0.4 is 5.76 Å². The normalized spacial score (nSPS) is 11.2. The summed E-state index contributed by atoms with van der Waals surface area (Å²) >= 11 is 0. The van der Waals surface area contributed by atoms with Crippen LogP contribution in [-0.4, -0.2) is 15.2 Å². The van der Waals surface area contributed by atoms with Crippen LogP contribution in [0.15, 0.2) is 27.5 Å². The van der Waals surface area contributed by atoms with Crippen molar-refractivity contribution in [1.82, 2.24) is 15.2 Å². The van der Waals surface area contributed by atoms with Crippen molar-refractivity contribution in [3.05, 3.63) is 40.5 Å². The standard InChI is InChI=1S/C10H5F2N3O2/c11-6-1-4-5(9-14-15-10(16)17-9)3-13-8(4)2-7(6)12/h1-3,13H,(H,15,16). The summed E-state index contributed by atoms with van der Waals surface area (Å²) in [6, 6.07) is 2.05. The monoisotopic (exact) mass is 237 g/mol. The van der Waals surface area contributed by atoms with Crippen LogP contribution in [0.1, 0.15) is 0 Å². The number of aromatic nitrogens is 3. The van der Waals surface area contributed by atoms with E-state index in [2.05, 4.69) is 15.2 Å². The lowest BCUT2D eigenvalue weighted by atomic mass is 10.1. The maximum atomic E-state index is 13.1. The van der Waals surface area contributed by atoms with E-state index in [9.17, 15) is 13.6 Å². The Kier molecular flexibility index (Phi) is 1.88. The van der Waals surface area contributed by atoms with E-state index < -0.39 is 17.4 Å². The van der Waals surface area contributed by atoms with Gasteiger partial charge in [0.05, 0.1) is 5.56 Å². The molecule has 0 aliphatic rings. The Morgan fingerprint density at radius 3 is 2.71 bits per heavy atom. The number of nitrogens with one attached hydrogen (secondary N) is 2. The molecule has 0 saturated heterocycles. The lowest BCUT2D eigenvalue weighted by molar-refractivity contribution is 0.510. The molecular weight excluding hydrogens is 232 g/mol. The van der Waals surface area contributed by atoms with Gasteiger partial charge in [-0.05, 0) is 6.07 Å². The van der Waals surface area contributed by atoms with Gasteiger partial charge in [-0.3, -0.25) is 0 Å². The van der Waals surface area contributed by atoms with Crippen molar-refractivity contribution >= 4 is 10.9 Å². The Hall–Kier alpha value is -2.44.